The van der Waals surface area contributed by atoms with Gasteiger partial charge in [-0.1, -0.05) is 36.9 Å². The van der Waals surface area contributed by atoms with E-state index in [0.29, 0.717) is 0 Å². The second-order valence-corrected chi connectivity index (χ2v) is 6.15. The molecule has 0 heterocycles. The highest BCUT2D eigenvalue weighted by Gasteiger charge is 2.17. The number of hydrogen-bond acceptors (Lipinski definition) is 3. The minimum Gasteiger partial charge on any atom is -0.302 e. The topological polar surface area (TPSA) is 46.4 Å². The lowest BCUT2D eigenvalue weighted by molar-refractivity contribution is -0.384. The lowest BCUT2D eigenvalue weighted by atomic mass is 9.89. The van der Waals surface area contributed by atoms with E-state index < -0.39 is 4.92 Å². The Morgan fingerprint density at radius 3 is 2.70 bits per heavy atom. The number of halogens is 1. The number of hydrogen-bond donors (Lipinski definition) is 0. The molecule has 1 aliphatic carbocycles. The van der Waals surface area contributed by atoms with Crippen LogP contribution in [-0.4, -0.2) is 23.4 Å². The molecule has 0 spiro atoms. The summed E-state index contributed by atoms with van der Waals surface area (Å²) in [5.74, 6) is 0.774. The first-order valence-electron chi connectivity index (χ1n) is 7.17. The largest absolute Gasteiger partial charge is 0.302 e. The summed E-state index contributed by atoms with van der Waals surface area (Å²) in [7, 11) is 2.08. The summed E-state index contributed by atoms with van der Waals surface area (Å²) >= 11 is 5.83. The van der Waals surface area contributed by atoms with Gasteiger partial charge in [-0.25, -0.2) is 0 Å². The molecule has 0 bridgehead atoms. The van der Waals surface area contributed by atoms with Crippen LogP contribution < -0.4 is 0 Å². The van der Waals surface area contributed by atoms with Crippen LogP contribution >= 0.6 is 11.6 Å². The van der Waals surface area contributed by atoms with Gasteiger partial charge < -0.3 is 4.90 Å². The molecule has 1 saturated carbocycles. The summed E-state index contributed by atoms with van der Waals surface area (Å²) in [5, 5.41) is 11.1. The molecule has 0 radical (unpaired) electrons. The minimum absolute atomic E-state index is 0.00441. The molecule has 1 aromatic rings. The first-order chi connectivity index (χ1) is 9.56. The van der Waals surface area contributed by atoms with E-state index >= 15 is 0 Å². The van der Waals surface area contributed by atoms with Gasteiger partial charge in [0, 0.05) is 19.2 Å². The SMILES string of the molecule is CN(Cc1ccc(Cl)c([N+](=O)[O-])c1)CC1CCCCC1. The van der Waals surface area contributed by atoms with Gasteiger partial charge in [0.1, 0.15) is 5.02 Å². The quantitative estimate of drug-likeness (QED) is 0.602. The maximum absolute atomic E-state index is 10.9. The second-order valence-electron chi connectivity index (χ2n) is 5.74. The van der Waals surface area contributed by atoms with Gasteiger partial charge >= 0.3 is 0 Å². The van der Waals surface area contributed by atoms with Crippen molar-refractivity contribution in [2.75, 3.05) is 13.6 Å². The van der Waals surface area contributed by atoms with E-state index in [0.717, 1.165) is 24.6 Å². The highest BCUT2D eigenvalue weighted by atomic mass is 35.5. The summed E-state index contributed by atoms with van der Waals surface area (Å²) in [6.07, 6.45) is 6.66. The van der Waals surface area contributed by atoms with Crippen molar-refractivity contribution in [3.63, 3.8) is 0 Å². The highest BCUT2D eigenvalue weighted by molar-refractivity contribution is 6.32. The minimum atomic E-state index is -0.424. The molecule has 1 fully saturated rings. The van der Waals surface area contributed by atoms with Crippen LogP contribution in [0.5, 0.6) is 0 Å². The first kappa shape index (κ1) is 15.3. The molecule has 5 heteroatoms. The number of rotatable bonds is 5. The monoisotopic (exact) mass is 296 g/mol. The molecule has 0 N–H and O–H groups in total. The smallest absolute Gasteiger partial charge is 0.288 e. The van der Waals surface area contributed by atoms with Crippen LogP contribution in [0.15, 0.2) is 18.2 Å². The first-order valence-corrected chi connectivity index (χ1v) is 7.55. The van der Waals surface area contributed by atoms with Crippen molar-refractivity contribution in [1.82, 2.24) is 4.90 Å². The Balaban J connectivity index is 1.95. The van der Waals surface area contributed by atoms with Crippen molar-refractivity contribution in [2.24, 2.45) is 5.92 Å². The van der Waals surface area contributed by atoms with Crippen LogP contribution in [0.25, 0.3) is 0 Å². The number of nitro groups is 1. The van der Waals surface area contributed by atoms with Crippen molar-refractivity contribution in [3.8, 4) is 0 Å². The Kier molecular flexibility index (Phi) is 5.38. The Labute approximate surface area is 124 Å². The third kappa shape index (κ3) is 4.18. The fraction of sp³-hybridized carbons (Fsp3) is 0.600. The van der Waals surface area contributed by atoms with Crippen LogP contribution in [0, 0.1) is 16.0 Å². The van der Waals surface area contributed by atoms with E-state index in [1.54, 1.807) is 12.1 Å². The maximum Gasteiger partial charge on any atom is 0.288 e. The van der Waals surface area contributed by atoms with Crippen molar-refractivity contribution < 1.29 is 4.92 Å². The van der Waals surface area contributed by atoms with Crippen molar-refractivity contribution in [3.05, 3.63) is 38.9 Å². The van der Waals surface area contributed by atoms with Gasteiger partial charge in [0.05, 0.1) is 4.92 Å². The molecular weight excluding hydrogens is 276 g/mol. The summed E-state index contributed by atoms with van der Waals surface area (Å²) in [6.45, 7) is 1.80. The lowest BCUT2D eigenvalue weighted by Crippen LogP contribution is -2.26. The van der Waals surface area contributed by atoms with E-state index in [-0.39, 0.29) is 10.7 Å². The average Bonchev–Trinajstić information content (AvgIpc) is 2.41. The van der Waals surface area contributed by atoms with Crippen LogP contribution in [-0.2, 0) is 6.54 Å². The average molecular weight is 297 g/mol. The fourth-order valence-corrected chi connectivity index (χ4v) is 3.17. The van der Waals surface area contributed by atoms with Gasteiger partial charge in [0.25, 0.3) is 5.69 Å². The second kappa shape index (κ2) is 7.04. The Hall–Kier alpha value is -1.13. The van der Waals surface area contributed by atoms with E-state index in [1.165, 1.54) is 32.1 Å². The predicted octanol–water partition coefficient (Wildman–Crippen LogP) is 4.26. The van der Waals surface area contributed by atoms with E-state index in [1.807, 2.05) is 6.07 Å². The lowest BCUT2D eigenvalue weighted by Gasteiger charge is -2.27. The standard InChI is InChI=1S/C15H21ClN2O2/c1-17(10-12-5-3-2-4-6-12)11-13-7-8-14(16)15(9-13)18(19)20/h7-9,12H,2-6,10-11H2,1H3. The summed E-state index contributed by atoms with van der Waals surface area (Å²) in [4.78, 5) is 12.7. The van der Waals surface area contributed by atoms with Crippen LogP contribution in [0.4, 0.5) is 5.69 Å². The van der Waals surface area contributed by atoms with E-state index in [4.69, 9.17) is 11.6 Å². The van der Waals surface area contributed by atoms with Gasteiger partial charge in [-0.2, -0.15) is 0 Å². The zero-order valence-corrected chi connectivity index (χ0v) is 12.6. The highest BCUT2D eigenvalue weighted by Crippen LogP contribution is 2.27. The molecule has 0 aromatic heterocycles. The Bertz CT molecular complexity index is 473. The van der Waals surface area contributed by atoms with Crippen LogP contribution in [0.1, 0.15) is 37.7 Å². The van der Waals surface area contributed by atoms with Crippen molar-refractivity contribution in [2.45, 2.75) is 38.6 Å². The number of nitrogens with zero attached hydrogens (tertiary/aromatic N) is 2. The zero-order chi connectivity index (χ0) is 14.5. The zero-order valence-electron chi connectivity index (χ0n) is 11.8. The molecule has 2 rings (SSSR count). The van der Waals surface area contributed by atoms with Crippen molar-refractivity contribution >= 4 is 17.3 Å². The molecule has 0 atom stereocenters. The summed E-state index contributed by atoms with van der Waals surface area (Å²) in [6, 6.07) is 5.07. The third-order valence-corrected chi connectivity index (χ3v) is 4.27. The van der Waals surface area contributed by atoms with Crippen molar-refractivity contribution in [1.29, 1.82) is 0 Å². The van der Waals surface area contributed by atoms with Gasteiger partial charge in [-0.05, 0) is 37.4 Å². The summed E-state index contributed by atoms with van der Waals surface area (Å²) < 4.78 is 0. The summed E-state index contributed by atoms with van der Waals surface area (Å²) in [5.41, 5.74) is 0.939. The van der Waals surface area contributed by atoms with Gasteiger partial charge in [0.2, 0.25) is 0 Å². The third-order valence-electron chi connectivity index (χ3n) is 3.95. The molecule has 0 amide bonds. The molecular formula is C15H21ClN2O2. The predicted molar refractivity (Wildman–Crippen MR) is 81.0 cm³/mol. The molecule has 0 saturated heterocycles. The normalized spacial score (nSPS) is 16.6. The molecule has 0 aliphatic heterocycles. The number of benzene rings is 1. The van der Waals surface area contributed by atoms with Gasteiger partial charge in [0.15, 0.2) is 0 Å². The van der Waals surface area contributed by atoms with Gasteiger partial charge in [-0.3, -0.25) is 10.1 Å². The molecule has 0 unspecified atom stereocenters. The van der Waals surface area contributed by atoms with Crippen LogP contribution in [0.3, 0.4) is 0 Å². The molecule has 1 aromatic carbocycles. The molecule has 110 valence electrons. The molecule has 20 heavy (non-hydrogen) atoms. The number of nitro benzene ring substituents is 1. The molecule has 1 aliphatic rings. The van der Waals surface area contributed by atoms with E-state index in [2.05, 4.69) is 11.9 Å². The van der Waals surface area contributed by atoms with Crippen LogP contribution in [0.2, 0.25) is 5.02 Å². The molecule has 4 nitrogen and oxygen atoms in total. The fourth-order valence-electron chi connectivity index (χ4n) is 2.98. The van der Waals surface area contributed by atoms with Gasteiger partial charge in [-0.15, -0.1) is 0 Å². The Morgan fingerprint density at radius 2 is 2.05 bits per heavy atom. The van der Waals surface area contributed by atoms with E-state index in [9.17, 15) is 10.1 Å². The maximum atomic E-state index is 10.9. The Morgan fingerprint density at radius 1 is 1.35 bits per heavy atom.